The lowest BCUT2D eigenvalue weighted by molar-refractivity contribution is -0.122. The molecule has 84 valence electrons. The van der Waals surface area contributed by atoms with Crippen molar-refractivity contribution in [2.75, 3.05) is 0 Å². The predicted octanol–water partition coefficient (Wildman–Crippen LogP) is 2.74. The van der Waals surface area contributed by atoms with E-state index in [2.05, 4.69) is 23.8 Å². The molecular formula is C12H20N2O. The summed E-state index contributed by atoms with van der Waals surface area (Å²) in [7, 11) is 0. The number of aromatic amines is 1. The average molecular weight is 208 g/mol. The maximum absolute atomic E-state index is 11.9. The van der Waals surface area contributed by atoms with E-state index in [4.69, 9.17) is 0 Å². The Kier molecular flexibility index (Phi) is 5.08. The van der Waals surface area contributed by atoms with Gasteiger partial charge in [-0.25, -0.2) is 4.98 Å². The van der Waals surface area contributed by atoms with Crippen LogP contribution in [0.25, 0.3) is 0 Å². The van der Waals surface area contributed by atoms with Gasteiger partial charge in [0.25, 0.3) is 0 Å². The summed E-state index contributed by atoms with van der Waals surface area (Å²) in [4.78, 5) is 19.0. The van der Waals surface area contributed by atoms with Gasteiger partial charge >= 0.3 is 0 Å². The fourth-order valence-corrected chi connectivity index (χ4v) is 1.87. The lowest BCUT2D eigenvalue weighted by Crippen LogP contribution is -2.17. The molecule has 0 saturated heterocycles. The summed E-state index contributed by atoms with van der Waals surface area (Å²) in [6.45, 7) is 4.26. The normalized spacial score (nSPS) is 10.9. The van der Waals surface area contributed by atoms with Gasteiger partial charge in [-0.15, -0.1) is 0 Å². The number of aromatic nitrogens is 2. The van der Waals surface area contributed by atoms with Crippen molar-refractivity contribution in [2.24, 2.45) is 5.92 Å². The molecule has 0 bridgehead atoms. The number of carbonyl (C=O) groups is 1. The molecule has 0 spiro atoms. The highest BCUT2D eigenvalue weighted by Gasteiger charge is 2.17. The van der Waals surface area contributed by atoms with E-state index in [9.17, 15) is 4.79 Å². The average Bonchev–Trinajstić information content (AvgIpc) is 2.70. The number of rotatable bonds is 7. The van der Waals surface area contributed by atoms with Gasteiger partial charge in [-0.3, -0.25) is 4.79 Å². The maximum Gasteiger partial charge on any atom is 0.143 e. The van der Waals surface area contributed by atoms with Crippen LogP contribution < -0.4 is 0 Å². The highest BCUT2D eigenvalue weighted by atomic mass is 16.1. The van der Waals surface area contributed by atoms with Crippen LogP contribution in [0.15, 0.2) is 12.4 Å². The lowest BCUT2D eigenvalue weighted by Gasteiger charge is -2.12. The number of carbonyl (C=O) groups excluding carboxylic acids is 1. The second kappa shape index (κ2) is 6.38. The van der Waals surface area contributed by atoms with Crippen LogP contribution in [0.4, 0.5) is 0 Å². The Hall–Kier alpha value is -1.12. The topological polar surface area (TPSA) is 45.8 Å². The quantitative estimate of drug-likeness (QED) is 0.748. The highest BCUT2D eigenvalue weighted by Crippen LogP contribution is 2.16. The SMILES string of the molecule is CCCC(CCC)C(=O)Cc1ncc[nH]1. The summed E-state index contributed by atoms with van der Waals surface area (Å²) in [6, 6.07) is 0. The highest BCUT2D eigenvalue weighted by molar-refractivity contribution is 5.82. The molecule has 0 unspecified atom stereocenters. The minimum atomic E-state index is 0.227. The van der Waals surface area contributed by atoms with Gasteiger partial charge in [0, 0.05) is 18.3 Å². The largest absolute Gasteiger partial charge is 0.348 e. The first-order valence-corrected chi connectivity index (χ1v) is 5.78. The fraction of sp³-hybridized carbons (Fsp3) is 0.667. The van der Waals surface area contributed by atoms with Gasteiger partial charge in [0.1, 0.15) is 11.6 Å². The zero-order valence-corrected chi connectivity index (χ0v) is 9.62. The van der Waals surface area contributed by atoms with Crippen molar-refractivity contribution in [1.82, 2.24) is 9.97 Å². The van der Waals surface area contributed by atoms with Crippen molar-refractivity contribution >= 4 is 5.78 Å². The molecule has 1 N–H and O–H groups in total. The molecule has 3 heteroatoms. The Morgan fingerprint density at radius 2 is 2.07 bits per heavy atom. The maximum atomic E-state index is 11.9. The Morgan fingerprint density at radius 3 is 2.53 bits per heavy atom. The van der Waals surface area contributed by atoms with Crippen molar-refractivity contribution in [1.29, 1.82) is 0 Å². The molecule has 0 atom stereocenters. The summed E-state index contributed by atoms with van der Waals surface area (Å²) in [5, 5.41) is 0. The van der Waals surface area contributed by atoms with Gasteiger partial charge in [-0.2, -0.15) is 0 Å². The fourth-order valence-electron chi connectivity index (χ4n) is 1.87. The van der Waals surface area contributed by atoms with E-state index in [0.717, 1.165) is 31.5 Å². The van der Waals surface area contributed by atoms with E-state index in [1.54, 1.807) is 12.4 Å². The van der Waals surface area contributed by atoms with Crippen LogP contribution in [0.3, 0.4) is 0 Å². The van der Waals surface area contributed by atoms with Crippen LogP contribution in [0, 0.1) is 5.92 Å². The van der Waals surface area contributed by atoms with Gasteiger partial charge in [0.2, 0.25) is 0 Å². The smallest absolute Gasteiger partial charge is 0.143 e. The van der Waals surface area contributed by atoms with Gasteiger partial charge in [-0.05, 0) is 12.8 Å². The molecule has 1 aromatic heterocycles. The molecule has 0 fully saturated rings. The van der Waals surface area contributed by atoms with Crippen molar-refractivity contribution in [3.63, 3.8) is 0 Å². The molecule has 0 aliphatic rings. The third-order valence-electron chi connectivity index (χ3n) is 2.63. The number of ketones is 1. The minimum absolute atomic E-state index is 0.227. The van der Waals surface area contributed by atoms with Crippen LogP contribution in [0.1, 0.15) is 45.4 Å². The third-order valence-corrected chi connectivity index (χ3v) is 2.63. The van der Waals surface area contributed by atoms with Crippen LogP contribution in [-0.4, -0.2) is 15.8 Å². The number of H-pyrrole nitrogens is 1. The van der Waals surface area contributed by atoms with E-state index >= 15 is 0 Å². The van der Waals surface area contributed by atoms with Crippen molar-refractivity contribution in [3.05, 3.63) is 18.2 Å². The number of hydrogen-bond acceptors (Lipinski definition) is 2. The molecule has 0 saturated carbocycles. The number of hydrogen-bond donors (Lipinski definition) is 1. The molecule has 0 aromatic carbocycles. The van der Waals surface area contributed by atoms with Crippen LogP contribution in [-0.2, 0) is 11.2 Å². The molecule has 1 aromatic rings. The van der Waals surface area contributed by atoms with E-state index in [-0.39, 0.29) is 5.92 Å². The predicted molar refractivity (Wildman–Crippen MR) is 60.6 cm³/mol. The molecule has 15 heavy (non-hydrogen) atoms. The van der Waals surface area contributed by atoms with Gasteiger partial charge < -0.3 is 4.98 Å². The second-order valence-corrected chi connectivity index (χ2v) is 3.95. The molecule has 0 aliphatic heterocycles. The molecule has 0 aliphatic carbocycles. The van der Waals surface area contributed by atoms with E-state index in [1.165, 1.54) is 0 Å². The van der Waals surface area contributed by atoms with Crippen molar-refractivity contribution in [2.45, 2.75) is 46.0 Å². The van der Waals surface area contributed by atoms with Gasteiger partial charge in [-0.1, -0.05) is 26.7 Å². The van der Waals surface area contributed by atoms with E-state index < -0.39 is 0 Å². The molecule has 1 rings (SSSR count). The summed E-state index contributed by atoms with van der Waals surface area (Å²) in [5.41, 5.74) is 0. The molecule has 3 nitrogen and oxygen atoms in total. The van der Waals surface area contributed by atoms with Crippen LogP contribution >= 0.6 is 0 Å². The summed E-state index contributed by atoms with van der Waals surface area (Å²) < 4.78 is 0. The Labute approximate surface area is 91.3 Å². The first-order valence-electron chi connectivity index (χ1n) is 5.78. The number of Topliss-reactive ketones (excluding diaryl/α,β-unsaturated/α-hetero) is 1. The second-order valence-electron chi connectivity index (χ2n) is 3.95. The first kappa shape index (κ1) is 12.0. The van der Waals surface area contributed by atoms with Crippen LogP contribution in [0.5, 0.6) is 0 Å². The van der Waals surface area contributed by atoms with Crippen molar-refractivity contribution in [3.8, 4) is 0 Å². The van der Waals surface area contributed by atoms with E-state index in [1.807, 2.05) is 0 Å². The van der Waals surface area contributed by atoms with Crippen LogP contribution in [0.2, 0.25) is 0 Å². The summed E-state index contributed by atoms with van der Waals surface area (Å²) in [5.74, 6) is 1.34. The monoisotopic (exact) mass is 208 g/mol. The first-order chi connectivity index (χ1) is 7.27. The standard InChI is InChI=1S/C12H20N2O/c1-3-5-10(6-4-2)11(15)9-12-13-7-8-14-12/h7-8,10H,3-6,9H2,1-2H3,(H,13,14). The number of nitrogens with zero attached hydrogens (tertiary/aromatic N) is 1. The van der Waals surface area contributed by atoms with Crippen molar-refractivity contribution < 1.29 is 4.79 Å². The zero-order valence-electron chi connectivity index (χ0n) is 9.62. The van der Waals surface area contributed by atoms with Gasteiger partial charge in [0.15, 0.2) is 0 Å². The minimum Gasteiger partial charge on any atom is -0.348 e. The molecule has 0 amide bonds. The van der Waals surface area contributed by atoms with E-state index in [0.29, 0.717) is 12.2 Å². The Bertz CT molecular complexity index is 274. The molecular weight excluding hydrogens is 188 g/mol. The lowest BCUT2D eigenvalue weighted by atomic mass is 9.92. The molecule has 1 heterocycles. The summed E-state index contributed by atoms with van der Waals surface area (Å²) in [6.07, 6.45) is 8.08. The Morgan fingerprint density at radius 1 is 1.40 bits per heavy atom. The summed E-state index contributed by atoms with van der Waals surface area (Å²) >= 11 is 0. The Balaban J connectivity index is 2.48. The zero-order chi connectivity index (χ0) is 11.1. The number of imidazole rings is 1. The number of nitrogens with one attached hydrogen (secondary N) is 1. The molecule has 0 radical (unpaired) electrons. The third kappa shape index (κ3) is 3.86. The van der Waals surface area contributed by atoms with Gasteiger partial charge in [0.05, 0.1) is 6.42 Å².